The van der Waals surface area contributed by atoms with Gasteiger partial charge in [0.2, 0.25) is 0 Å². The van der Waals surface area contributed by atoms with Crippen LogP contribution < -0.4 is 0 Å². The summed E-state index contributed by atoms with van der Waals surface area (Å²) >= 11 is 0. The topological polar surface area (TPSA) is 69.2 Å². The van der Waals surface area contributed by atoms with Gasteiger partial charge < -0.3 is 14.8 Å². The lowest BCUT2D eigenvalue weighted by atomic mass is 10.0. The minimum Gasteiger partial charge on any atom is -0.384 e. The van der Waals surface area contributed by atoms with Crippen molar-refractivity contribution in [2.24, 2.45) is 7.05 Å². The van der Waals surface area contributed by atoms with Crippen LogP contribution >= 0.6 is 0 Å². The van der Waals surface area contributed by atoms with Crippen molar-refractivity contribution in [2.75, 3.05) is 0 Å². The lowest BCUT2D eigenvalue weighted by Crippen LogP contribution is -2.16. The van der Waals surface area contributed by atoms with Gasteiger partial charge in [-0.1, -0.05) is 18.2 Å². The maximum absolute atomic E-state index is 10.00. The second-order valence-electron chi connectivity index (χ2n) is 4.09. The van der Waals surface area contributed by atoms with Crippen molar-refractivity contribution in [1.82, 2.24) is 4.57 Å². The Kier molecular flexibility index (Phi) is 2.88. The maximum atomic E-state index is 10.00. The summed E-state index contributed by atoms with van der Waals surface area (Å²) in [5, 5.41) is 29.0. The highest BCUT2D eigenvalue weighted by Gasteiger charge is 2.24. The van der Waals surface area contributed by atoms with Gasteiger partial charge in [0.15, 0.2) is 6.10 Å². The first kappa shape index (κ1) is 11.6. The molecule has 0 spiro atoms. The summed E-state index contributed by atoms with van der Waals surface area (Å²) < 4.78 is 1.94. The molecule has 4 nitrogen and oxygen atoms in total. The molecule has 0 aliphatic rings. The van der Waals surface area contributed by atoms with Gasteiger partial charge in [0, 0.05) is 29.2 Å². The maximum Gasteiger partial charge on any atom is 0.170 e. The molecule has 0 aliphatic heterocycles. The van der Waals surface area contributed by atoms with Crippen molar-refractivity contribution < 1.29 is 10.2 Å². The Morgan fingerprint density at radius 3 is 2.59 bits per heavy atom. The zero-order chi connectivity index (χ0) is 12.6. The van der Waals surface area contributed by atoms with Crippen molar-refractivity contribution in [3.05, 3.63) is 35.5 Å². The van der Waals surface area contributed by atoms with Crippen molar-refractivity contribution >= 4 is 10.9 Å². The number of aliphatic hydroxyl groups excluding tert-OH is 2. The Hall–Kier alpha value is -1.83. The van der Waals surface area contributed by atoms with Gasteiger partial charge in [0.05, 0.1) is 6.07 Å². The fraction of sp³-hybridized carbons (Fsp3) is 0.308. The van der Waals surface area contributed by atoms with Crippen LogP contribution in [0.3, 0.4) is 0 Å². The first-order chi connectivity index (χ1) is 8.07. The number of hydrogen-bond donors (Lipinski definition) is 2. The first-order valence-electron chi connectivity index (χ1n) is 5.37. The van der Waals surface area contributed by atoms with Crippen LogP contribution in [0.4, 0.5) is 0 Å². The van der Waals surface area contributed by atoms with E-state index in [1.165, 1.54) is 0 Å². The van der Waals surface area contributed by atoms with E-state index in [1.54, 1.807) is 6.07 Å². The van der Waals surface area contributed by atoms with Crippen LogP contribution in [0.5, 0.6) is 0 Å². The van der Waals surface area contributed by atoms with Crippen LogP contribution in [0, 0.1) is 18.3 Å². The van der Waals surface area contributed by atoms with Crippen LogP contribution in [0.25, 0.3) is 10.9 Å². The lowest BCUT2D eigenvalue weighted by Gasteiger charge is -2.12. The molecule has 0 saturated heterocycles. The van der Waals surface area contributed by atoms with Gasteiger partial charge in [-0.25, -0.2) is 0 Å². The molecule has 0 amide bonds. The SMILES string of the molecule is Cc1c(C(O)C(O)C#N)c2ccccc2n1C. The number of benzene rings is 1. The Labute approximate surface area is 99.3 Å². The number of nitrogens with zero attached hydrogens (tertiary/aromatic N) is 2. The van der Waals surface area contributed by atoms with Crippen molar-refractivity contribution in [3.63, 3.8) is 0 Å². The van der Waals surface area contributed by atoms with Crippen molar-refractivity contribution in [1.29, 1.82) is 5.26 Å². The molecule has 0 radical (unpaired) electrons. The van der Waals surface area contributed by atoms with Gasteiger partial charge in [-0.2, -0.15) is 5.26 Å². The largest absolute Gasteiger partial charge is 0.384 e. The van der Waals surface area contributed by atoms with Gasteiger partial charge >= 0.3 is 0 Å². The van der Waals surface area contributed by atoms with E-state index in [0.717, 1.165) is 16.6 Å². The number of para-hydroxylation sites is 1. The summed E-state index contributed by atoms with van der Waals surface area (Å²) in [4.78, 5) is 0. The molecule has 2 rings (SSSR count). The third kappa shape index (κ3) is 1.70. The van der Waals surface area contributed by atoms with E-state index < -0.39 is 12.2 Å². The first-order valence-corrected chi connectivity index (χ1v) is 5.37. The molecule has 1 heterocycles. The Morgan fingerprint density at radius 1 is 1.29 bits per heavy atom. The summed E-state index contributed by atoms with van der Waals surface area (Å²) in [6.07, 6.45) is -2.58. The van der Waals surface area contributed by atoms with Crippen molar-refractivity contribution in [3.8, 4) is 6.07 Å². The second-order valence-corrected chi connectivity index (χ2v) is 4.09. The molecule has 0 aliphatic carbocycles. The molecular formula is C13H14N2O2. The van der Waals surface area contributed by atoms with E-state index in [2.05, 4.69) is 0 Å². The average molecular weight is 230 g/mol. The minimum absolute atomic E-state index is 0.622. The molecular weight excluding hydrogens is 216 g/mol. The van der Waals surface area contributed by atoms with Crippen LogP contribution in [0.15, 0.2) is 24.3 Å². The van der Waals surface area contributed by atoms with E-state index in [1.807, 2.05) is 42.8 Å². The summed E-state index contributed by atoms with van der Waals surface area (Å²) in [6.45, 7) is 1.86. The Morgan fingerprint density at radius 2 is 1.94 bits per heavy atom. The summed E-state index contributed by atoms with van der Waals surface area (Å²) in [6, 6.07) is 9.27. The molecule has 4 heteroatoms. The van der Waals surface area contributed by atoms with Crippen LogP contribution in [0.1, 0.15) is 17.4 Å². The lowest BCUT2D eigenvalue weighted by molar-refractivity contribution is 0.0532. The highest BCUT2D eigenvalue weighted by molar-refractivity contribution is 5.85. The minimum atomic E-state index is -1.40. The highest BCUT2D eigenvalue weighted by Crippen LogP contribution is 2.31. The number of aromatic nitrogens is 1. The van der Waals surface area contributed by atoms with Gasteiger partial charge in [-0.15, -0.1) is 0 Å². The monoisotopic (exact) mass is 230 g/mol. The standard InChI is InChI=1S/C13H14N2O2/c1-8-12(13(17)11(16)7-14)9-5-3-4-6-10(9)15(8)2/h3-6,11,13,16-17H,1-2H3. The fourth-order valence-electron chi connectivity index (χ4n) is 2.15. The number of nitriles is 1. The molecule has 17 heavy (non-hydrogen) atoms. The van der Waals surface area contributed by atoms with Crippen LogP contribution in [-0.2, 0) is 7.05 Å². The molecule has 2 atom stereocenters. The normalized spacial score (nSPS) is 14.5. The zero-order valence-corrected chi connectivity index (χ0v) is 9.75. The van der Waals surface area contributed by atoms with E-state index in [0.29, 0.717) is 5.56 Å². The number of hydrogen-bond acceptors (Lipinski definition) is 3. The molecule has 2 N–H and O–H groups in total. The van der Waals surface area contributed by atoms with E-state index >= 15 is 0 Å². The van der Waals surface area contributed by atoms with Crippen LogP contribution in [0.2, 0.25) is 0 Å². The quantitative estimate of drug-likeness (QED) is 0.766. The van der Waals surface area contributed by atoms with Gasteiger partial charge in [-0.05, 0) is 13.0 Å². The smallest absolute Gasteiger partial charge is 0.170 e. The Bertz CT molecular complexity index is 595. The predicted molar refractivity (Wildman–Crippen MR) is 64.2 cm³/mol. The molecule has 0 fully saturated rings. The van der Waals surface area contributed by atoms with E-state index in [4.69, 9.17) is 5.26 Å². The molecule has 0 bridgehead atoms. The molecule has 1 aromatic heterocycles. The third-order valence-corrected chi connectivity index (χ3v) is 3.18. The molecule has 2 aromatic rings. The molecule has 1 aromatic carbocycles. The Balaban J connectivity index is 2.70. The van der Waals surface area contributed by atoms with E-state index in [9.17, 15) is 10.2 Å². The zero-order valence-electron chi connectivity index (χ0n) is 9.75. The number of aryl methyl sites for hydroxylation is 1. The predicted octanol–water partition coefficient (Wildman–Crippen LogP) is 1.40. The van der Waals surface area contributed by atoms with E-state index in [-0.39, 0.29) is 0 Å². The highest BCUT2D eigenvalue weighted by atomic mass is 16.3. The number of fused-ring (bicyclic) bond motifs is 1. The summed E-state index contributed by atoms with van der Waals surface area (Å²) in [7, 11) is 1.90. The van der Waals surface area contributed by atoms with Gasteiger partial charge in [0.1, 0.15) is 6.10 Å². The number of aliphatic hydroxyl groups is 2. The van der Waals surface area contributed by atoms with Crippen LogP contribution in [-0.4, -0.2) is 20.9 Å². The number of rotatable bonds is 2. The summed E-state index contributed by atoms with van der Waals surface area (Å²) in [5.74, 6) is 0. The second kappa shape index (κ2) is 4.21. The fourth-order valence-corrected chi connectivity index (χ4v) is 2.15. The van der Waals surface area contributed by atoms with Crippen molar-refractivity contribution in [2.45, 2.75) is 19.1 Å². The molecule has 0 saturated carbocycles. The molecule has 88 valence electrons. The van der Waals surface area contributed by atoms with Gasteiger partial charge in [-0.3, -0.25) is 0 Å². The average Bonchev–Trinajstić information content (AvgIpc) is 2.61. The van der Waals surface area contributed by atoms with Gasteiger partial charge in [0.25, 0.3) is 0 Å². The molecule has 2 unspecified atom stereocenters. The summed E-state index contributed by atoms with van der Waals surface area (Å²) in [5.41, 5.74) is 2.45. The third-order valence-electron chi connectivity index (χ3n) is 3.18.